The van der Waals surface area contributed by atoms with Crippen LogP contribution in [0.25, 0.3) is 17.4 Å². The minimum atomic E-state index is -0.582. The lowest BCUT2D eigenvalue weighted by Crippen LogP contribution is -2.32. The SMILES string of the molecule is O=C1S/C(=C\c2ccc(-c3ccc(Cl)c([N+](=O)[O-])c3)o2)C(=O)N1CCOc1ccccc1Cl. The summed E-state index contributed by atoms with van der Waals surface area (Å²) >= 11 is 12.7. The summed E-state index contributed by atoms with van der Waals surface area (Å²) in [5.41, 5.74) is 0.211. The third-order valence-electron chi connectivity index (χ3n) is 4.61. The number of amides is 2. The standard InChI is InChI=1S/C22H14Cl2N2O6S/c23-15-7-5-13(11-17(15)26(29)30)18-8-6-14(32-18)12-20-21(27)25(22(28)33-20)9-10-31-19-4-2-1-3-16(19)24/h1-8,11-12H,9-10H2/b20-12-. The molecular formula is C22H14Cl2N2O6S. The lowest BCUT2D eigenvalue weighted by molar-refractivity contribution is -0.384. The second kappa shape index (κ2) is 9.70. The number of ether oxygens (including phenoxy) is 1. The van der Waals surface area contributed by atoms with Gasteiger partial charge in [-0.15, -0.1) is 0 Å². The smallest absolute Gasteiger partial charge is 0.293 e. The van der Waals surface area contributed by atoms with E-state index in [1.807, 2.05) is 0 Å². The van der Waals surface area contributed by atoms with Crippen molar-refractivity contribution in [3.8, 4) is 17.1 Å². The first kappa shape index (κ1) is 22.9. The zero-order chi connectivity index (χ0) is 23.5. The molecule has 11 heteroatoms. The van der Waals surface area contributed by atoms with Crippen LogP contribution in [0.15, 0.2) is 63.9 Å². The number of benzene rings is 2. The molecule has 0 saturated carbocycles. The van der Waals surface area contributed by atoms with E-state index in [-0.39, 0.29) is 28.8 Å². The number of rotatable bonds is 7. The minimum Gasteiger partial charge on any atom is -0.490 e. The number of halogens is 2. The number of carbonyl (C=O) groups is 2. The molecule has 1 saturated heterocycles. The highest BCUT2D eigenvalue weighted by Gasteiger charge is 2.35. The maximum absolute atomic E-state index is 12.7. The van der Waals surface area contributed by atoms with E-state index in [9.17, 15) is 19.7 Å². The summed E-state index contributed by atoms with van der Waals surface area (Å²) in [6, 6.07) is 14.4. The average Bonchev–Trinajstić information content (AvgIpc) is 3.35. The highest BCUT2D eigenvalue weighted by molar-refractivity contribution is 8.18. The number of para-hydroxylation sites is 1. The lowest BCUT2D eigenvalue weighted by Gasteiger charge is -2.13. The van der Waals surface area contributed by atoms with Gasteiger partial charge in [-0.3, -0.25) is 24.6 Å². The van der Waals surface area contributed by atoms with Crippen molar-refractivity contribution in [3.63, 3.8) is 0 Å². The monoisotopic (exact) mass is 504 g/mol. The van der Waals surface area contributed by atoms with Crippen LogP contribution in [0.1, 0.15) is 5.76 Å². The summed E-state index contributed by atoms with van der Waals surface area (Å²) in [6.07, 6.45) is 1.45. The molecule has 0 atom stereocenters. The van der Waals surface area contributed by atoms with Gasteiger partial charge in [0.15, 0.2) is 0 Å². The molecule has 0 spiro atoms. The Balaban J connectivity index is 1.45. The average molecular weight is 505 g/mol. The van der Waals surface area contributed by atoms with E-state index in [1.165, 1.54) is 18.2 Å². The first-order chi connectivity index (χ1) is 15.8. The zero-order valence-corrected chi connectivity index (χ0v) is 19.0. The van der Waals surface area contributed by atoms with Gasteiger partial charge in [0.25, 0.3) is 16.8 Å². The van der Waals surface area contributed by atoms with Crippen LogP contribution in [0.2, 0.25) is 10.0 Å². The van der Waals surface area contributed by atoms with Gasteiger partial charge in [0, 0.05) is 17.7 Å². The molecule has 1 aliphatic rings. The number of nitro benzene ring substituents is 1. The van der Waals surface area contributed by atoms with Gasteiger partial charge in [0.1, 0.15) is 28.9 Å². The fraction of sp³-hybridized carbons (Fsp3) is 0.0909. The Morgan fingerprint density at radius 2 is 1.88 bits per heavy atom. The molecule has 2 heterocycles. The van der Waals surface area contributed by atoms with Crippen molar-refractivity contribution < 1.29 is 23.7 Å². The number of hydrogen-bond acceptors (Lipinski definition) is 7. The number of furan rings is 1. The second-order valence-electron chi connectivity index (χ2n) is 6.74. The summed E-state index contributed by atoms with van der Waals surface area (Å²) in [5, 5.41) is 11.1. The molecular weight excluding hydrogens is 491 g/mol. The Hall–Kier alpha value is -3.27. The van der Waals surface area contributed by atoms with Crippen LogP contribution in [0.5, 0.6) is 5.75 Å². The maximum Gasteiger partial charge on any atom is 0.293 e. The Labute approximate surface area is 201 Å². The van der Waals surface area contributed by atoms with Crippen molar-refractivity contribution in [2.45, 2.75) is 0 Å². The van der Waals surface area contributed by atoms with Gasteiger partial charge in [-0.1, -0.05) is 35.3 Å². The highest BCUT2D eigenvalue weighted by atomic mass is 35.5. The number of nitro groups is 1. The molecule has 4 rings (SSSR count). The predicted octanol–water partition coefficient (Wildman–Crippen LogP) is 6.28. The molecule has 0 bridgehead atoms. The summed E-state index contributed by atoms with van der Waals surface area (Å²) in [7, 11) is 0. The molecule has 2 amide bonds. The fourth-order valence-corrected chi connectivity index (χ4v) is 4.24. The zero-order valence-electron chi connectivity index (χ0n) is 16.7. The van der Waals surface area contributed by atoms with Crippen molar-refractivity contribution in [2.75, 3.05) is 13.2 Å². The molecule has 33 heavy (non-hydrogen) atoms. The van der Waals surface area contributed by atoms with Crippen molar-refractivity contribution in [1.82, 2.24) is 4.90 Å². The Morgan fingerprint density at radius 1 is 1.09 bits per heavy atom. The minimum absolute atomic E-state index is 0.0164. The van der Waals surface area contributed by atoms with Gasteiger partial charge >= 0.3 is 0 Å². The predicted molar refractivity (Wildman–Crippen MR) is 125 cm³/mol. The first-order valence-corrected chi connectivity index (χ1v) is 11.1. The number of hydrogen-bond donors (Lipinski definition) is 0. The summed E-state index contributed by atoms with van der Waals surface area (Å²) in [5.74, 6) is 0.675. The second-order valence-corrected chi connectivity index (χ2v) is 8.55. The molecule has 1 aromatic heterocycles. The first-order valence-electron chi connectivity index (χ1n) is 9.50. The molecule has 0 radical (unpaired) electrons. The molecule has 168 valence electrons. The van der Waals surface area contributed by atoms with Crippen molar-refractivity contribution in [3.05, 3.63) is 85.4 Å². The number of thioether (sulfide) groups is 1. The van der Waals surface area contributed by atoms with Gasteiger partial charge in [-0.05, 0) is 48.2 Å². The molecule has 8 nitrogen and oxygen atoms in total. The Morgan fingerprint density at radius 3 is 2.64 bits per heavy atom. The largest absolute Gasteiger partial charge is 0.490 e. The van der Waals surface area contributed by atoms with E-state index in [1.54, 1.807) is 42.5 Å². The molecule has 0 unspecified atom stereocenters. The molecule has 3 aromatic rings. The van der Waals surface area contributed by atoms with Crippen LogP contribution >= 0.6 is 35.0 Å². The van der Waals surface area contributed by atoms with Crippen LogP contribution < -0.4 is 4.74 Å². The van der Waals surface area contributed by atoms with Crippen LogP contribution in [-0.2, 0) is 4.79 Å². The van der Waals surface area contributed by atoms with Crippen LogP contribution in [-0.4, -0.2) is 34.1 Å². The van der Waals surface area contributed by atoms with Gasteiger partial charge in [0.2, 0.25) is 0 Å². The molecule has 0 N–H and O–H groups in total. The van der Waals surface area contributed by atoms with E-state index in [0.29, 0.717) is 27.9 Å². The third-order valence-corrected chi connectivity index (χ3v) is 6.15. The summed E-state index contributed by atoms with van der Waals surface area (Å²) < 4.78 is 11.3. The highest BCUT2D eigenvalue weighted by Crippen LogP contribution is 2.35. The third kappa shape index (κ3) is 5.05. The maximum atomic E-state index is 12.7. The summed E-state index contributed by atoms with van der Waals surface area (Å²) in [4.78, 5) is 36.8. The van der Waals surface area contributed by atoms with Crippen molar-refractivity contribution in [2.24, 2.45) is 0 Å². The van der Waals surface area contributed by atoms with E-state index in [0.717, 1.165) is 16.7 Å². The number of nitrogens with zero attached hydrogens (tertiary/aromatic N) is 2. The summed E-state index contributed by atoms with van der Waals surface area (Å²) in [6.45, 7) is 0.153. The van der Waals surface area contributed by atoms with Crippen molar-refractivity contribution in [1.29, 1.82) is 0 Å². The molecule has 0 aliphatic carbocycles. The normalized spacial score (nSPS) is 14.8. The van der Waals surface area contributed by atoms with Crippen molar-refractivity contribution >= 4 is 57.9 Å². The molecule has 2 aromatic carbocycles. The van der Waals surface area contributed by atoms with E-state index < -0.39 is 16.1 Å². The van der Waals surface area contributed by atoms with E-state index in [4.69, 9.17) is 32.4 Å². The van der Waals surface area contributed by atoms with E-state index in [2.05, 4.69) is 0 Å². The fourth-order valence-electron chi connectivity index (χ4n) is 3.02. The quantitative estimate of drug-likeness (QED) is 0.212. The van der Waals surface area contributed by atoms with Gasteiger partial charge in [-0.2, -0.15) is 0 Å². The Bertz CT molecular complexity index is 1290. The number of carbonyl (C=O) groups excluding carboxylic acids is 2. The lowest BCUT2D eigenvalue weighted by atomic mass is 10.1. The topological polar surface area (TPSA) is 103 Å². The van der Waals surface area contributed by atoms with Crippen LogP contribution in [0.3, 0.4) is 0 Å². The van der Waals surface area contributed by atoms with E-state index >= 15 is 0 Å². The molecule has 1 aliphatic heterocycles. The molecule has 1 fully saturated rings. The van der Waals surface area contributed by atoms with Crippen LogP contribution in [0.4, 0.5) is 10.5 Å². The van der Waals surface area contributed by atoms with Gasteiger partial charge in [0.05, 0.1) is 21.4 Å². The Kier molecular flexibility index (Phi) is 6.73. The van der Waals surface area contributed by atoms with Gasteiger partial charge < -0.3 is 9.15 Å². The van der Waals surface area contributed by atoms with Crippen LogP contribution in [0, 0.1) is 10.1 Å². The van der Waals surface area contributed by atoms with Gasteiger partial charge in [-0.25, -0.2) is 0 Å². The number of imide groups is 1.